The number of carbonyl (C=O) groups is 1. The summed E-state index contributed by atoms with van der Waals surface area (Å²) in [5.41, 5.74) is 4.70. The van der Waals surface area contributed by atoms with E-state index in [1.54, 1.807) is 21.1 Å². The highest BCUT2D eigenvalue weighted by Crippen LogP contribution is 2.35. The van der Waals surface area contributed by atoms with Crippen LogP contribution in [0.1, 0.15) is 62.6 Å². The zero-order chi connectivity index (χ0) is 31.3. The van der Waals surface area contributed by atoms with E-state index < -0.39 is 0 Å². The maximum Gasteiger partial charge on any atom is 0.217 e. The second-order valence-corrected chi connectivity index (χ2v) is 12.4. The minimum atomic E-state index is 0.00760. The minimum Gasteiger partial charge on any atom is -0.490 e. The molecule has 1 unspecified atom stereocenters. The Morgan fingerprint density at radius 2 is 1.86 bits per heavy atom. The van der Waals surface area contributed by atoms with Gasteiger partial charge in [-0.2, -0.15) is 0 Å². The SMILES string of the molecule is COCCCN1CCOc2ccc(CO[C@H]3CN[C@H](CC(C)NC(C)=O)C[C@@H]3c3ccc(COC[C@@H](C)COC)cc3)cc21. The average Bonchev–Trinajstić information content (AvgIpc) is 3.00. The van der Waals surface area contributed by atoms with Gasteiger partial charge in [0.2, 0.25) is 5.91 Å². The molecule has 244 valence electrons. The van der Waals surface area contributed by atoms with Crippen LogP contribution in [0.15, 0.2) is 42.5 Å². The van der Waals surface area contributed by atoms with Crippen molar-refractivity contribution in [2.75, 3.05) is 65.2 Å². The zero-order valence-electron chi connectivity index (χ0n) is 27.3. The van der Waals surface area contributed by atoms with Gasteiger partial charge < -0.3 is 39.2 Å². The third kappa shape index (κ3) is 10.4. The molecule has 2 aromatic carbocycles. The van der Waals surface area contributed by atoms with Gasteiger partial charge in [0.15, 0.2) is 0 Å². The summed E-state index contributed by atoms with van der Waals surface area (Å²) < 4.78 is 29.0. The van der Waals surface area contributed by atoms with E-state index in [4.69, 9.17) is 23.7 Å². The number of rotatable bonds is 17. The first-order valence-corrected chi connectivity index (χ1v) is 16.1. The number of fused-ring (bicyclic) bond motifs is 1. The van der Waals surface area contributed by atoms with Gasteiger partial charge >= 0.3 is 0 Å². The van der Waals surface area contributed by atoms with Crippen molar-refractivity contribution >= 4 is 11.6 Å². The molecular formula is C35H53N3O6. The predicted octanol–water partition coefficient (Wildman–Crippen LogP) is 4.67. The van der Waals surface area contributed by atoms with Crippen molar-refractivity contribution in [1.29, 1.82) is 0 Å². The molecule has 0 radical (unpaired) electrons. The highest BCUT2D eigenvalue weighted by atomic mass is 16.5. The van der Waals surface area contributed by atoms with Crippen molar-refractivity contribution in [3.05, 3.63) is 59.2 Å². The molecule has 9 nitrogen and oxygen atoms in total. The fourth-order valence-corrected chi connectivity index (χ4v) is 6.32. The Kier molecular flexibility index (Phi) is 13.8. The summed E-state index contributed by atoms with van der Waals surface area (Å²) in [7, 11) is 3.47. The van der Waals surface area contributed by atoms with Gasteiger partial charge in [0.25, 0.3) is 0 Å². The van der Waals surface area contributed by atoms with E-state index >= 15 is 0 Å². The normalized spacial score (nSPS) is 21.3. The lowest BCUT2D eigenvalue weighted by molar-refractivity contribution is -0.119. The van der Waals surface area contributed by atoms with Gasteiger partial charge in [-0.15, -0.1) is 0 Å². The summed E-state index contributed by atoms with van der Waals surface area (Å²) in [4.78, 5) is 14.0. The number of amides is 1. The topological polar surface area (TPSA) is 90.5 Å². The number of hydrogen-bond donors (Lipinski definition) is 2. The maximum absolute atomic E-state index is 11.6. The number of piperidine rings is 1. The van der Waals surface area contributed by atoms with E-state index in [1.807, 2.05) is 0 Å². The maximum atomic E-state index is 11.6. The van der Waals surface area contributed by atoms with Gasteiger partial charge in [-0.3, -0.25) is 4.79 Å². The van der Waals surface area contributed by atoms with Crippen molar-refractivity contribution in [2.24, 2.45) is 5.92 Å². The van der Waals surface area contributed by atoms with Gasteiger partial charge in [-0.25, -0.2) is 0 Å². The van der Waals surface area contributed by atoms with Crippen molar-refractivity contribution in [1.82, 2.24) is 10.6 Å². The standard InChI is InChI=1S/C35H53N3O6/c1-25(21-41-5)22-42-23-28-7-10-30(11-8-28)32-19-31(17-26(2)37-27(3)39)36-20-35(32)44-24-29-9-12-34-33(18-29)38(14-16-43-34)13-6-15-40-4/h7-12,18,25-26,31-32,35-36H,6,13-17,19-24H2,1-5H3,(H,37,39)/t25-,26?,31+,32+,35-/m0/s1. The number of methoxy groups -OCH3 is 2. The van der Waals surface area contributed by atoms with Crippen molar-refractivity contribution in [2.45, 2.75) is 77.4 Å². The van der Waals surface area contributed by atoms with E-state index in [2.05, 4.69) is 71.8 Å². The third-order valence-electron chi connectivity index (χ3n) is 8.44. The second kappa shape index (κ2) is 17.7. The fourth-order valence-electron chi connectivity index (χ4n) is 6.32. The molecule has 4 rings (SSSR count). The van der Waals surface area contributed by atoms with Crippen LogP contribution in [-0.2, 0) is 37.0 Å². The molecule has 0 aliphatic carbocycles. The summed E-state index contributed by atoms with van der Waals surface area (Å²) in [6.45, 7) is 12.3. The Labute approximate surface area is 263 Å². The van der Waals surface area contributed by atoms with E-state index in [1.165, 1.54) is 5.56 Å². The minimum absolute atomic E-state index is 0.00760. The molecule has 0 saturated carbocycles. The van der Waals surface area contributed by atoms with Crippen molar-refractivity contribution in [3.63, 3.8) is 0 Å². The molecule has 2 aromatic rings. The number of carbonyl (C=O) groups excluding carboxylic acids is 1. The first-order valence-electron chi connectivity index (χ1n) is 16.1. The zero-order valence-corrected chi connectivity index (χ0v) is 27.3. The van der Waals surface area contributed by atoms with Gasteiger partial charge in [0, 0.05) is 64.8 Å². The number of benzene rings is 2. The van der Waals surface area contributed by atoms with E-state index in [0.717, 1.165) is 68.1 Å². The first kappa shape index (κ1) is 34.2. The summed E-state index contributed by atoms with van der Waals surface area (Å²) in [6.07, 6.45) is 2.80. The molecule has 5 atom stereocenters. The van der Waals surface area contributed by atoms with Crippen LogP contribution >= 0.6 is 0 Å². The van der Waals surface area contributed by atoms with Gasteiger partial charge in [-0.1, -0.05) is 37.3 Å². The fraction of sp³-hybridized carbons (Fsp3) is 0.629. The first-order chi connectivity index (χ1) is 21.4. The molecule has 2 heterocycles. The lowest BCUT2D eigenvalue weighted by Gasteiger charge is -2.38. The summed E-state index contributed by atoms with van der Waals surface area (Å²) in [5.74, 6) is 1.54. The molecule has 0 bridgehead atoms. The monoisotopic (exact) mass is 611 g/mol. The summed E-state index contributed by atoms with van der Waals surface area (Å²) >= 11 is 0. The smallest absolute Gasteiger partial charge is 0.217 e. The molecule has 44 heavy (non-hydrogen) atoms. The van der Waals surface area contributed by atoms with Crippen LogP contribution in [0.4, 0.5) is 5.69 Å². The number of hydrogen-bond acceptors (Lipinski definition) is 8. The third-order valence-corrected chi connectivity index (χ3v) is 8.44. The van der Waals surface area contributed by atoms with Gasteiger partial charge in [-0.05, 0) is 55.0 Å². The predicted molar refractivity (Wildman–Crippen MR) is 173 cm³/mol. The molecule has 9 heteroatoms. The Morgan fingerprint density at radius 3 is 2.61 bits per heavy atom. The highest BCUT2D eigenvalue weighted by molar-refractivity contribution is 5.73. The molecule has 1 fully saturated rings. The highest BCUT2D eigenvalue weighted by Gasteiger charge is 2.33. The molecule has 1 saturated heterocycles. The Balaban J connectivity index is 1.42. The molecule has 2 aliphatic heterocycles. The summed E-state index contributed by atoms with van der Waals surface area (Å²) in [5, 5.41) is 6.75. The number of ether oxygens (including phenoxy) is 5. The Hall–Kier alpha value is -2.69. The molecular weight excluding hydrogens is 558 g/mol. The lowest BCUT2D eigenvalue weighted by atomic mass is 9.82. The van der Waals surface area contributed by atoms with E-state index in [0.29, 0.717) is 39.0 Å². The summed E-state index contributed by atoms with van der Waals surface area (Å²) in [6, 6.07) is 15.6. The molecule has 2 N–H and O–H groups in total. The Morgan fingerprint density at radius 1 is 1.07 bits per heavy atom. The van der Waals surface area contributed by atoms with Crippen LogP contribution in [0.25, 0.3) is 0 Å². The van der Waals surface area contributed by atoms with E-state index in [9.17, 15) is 4.79 Å². The van der Waals surface area contributed by atoms with Gasteiger partial charge in [0.05, 0.1) is 44.8 Å². The lowest BCUT2D eigenvalue weighted by Crippen LogP contribution is -2.49. The average molecular weight is 612 g/mol. The van der Waals surface area contributed by atoms with Crippen LogP contribution in [0.5, 0.6) is 5.75 Å². The van der Waals surface area contributed by atoms with Gasteiger partial charge in [0.1, 0.15) is 12.4 Å². The largest absolute Gasteiger partial charge is 0.490 e. The van der Waals surface area contributed by atoms with Crippen molar-refractivity contribution in [3.8, 4) is 5.75 Å². The molecule has 1 amide bonds. The van der Waals surface area contributed by atoms with E-state index in [-0.39, 0.29) is 30.0 Å². The van der Waals surface area contributed by atoms with Crippen molar-refractivity contribution < 1.29 is 28.5 Å². The van der Waals surface area contributed by atoms with Crippen LogP contribution in [0.3, 0.4) is 0 Å². The number of nitrogens with one attached hydrogen (secondary N) is 2. The Bertz CT molecular complexity index is 1150. The quantitative estimate of drug-likeness (QED) is 0.250. The van der Waals surface area contributed by atoms with Crippen LogP contribution in [0, 0.1) is 5.92 Å². The van der Waals surface area contributed by atoms with Crippen LogP contribution in [-0.4, -0.2) is 84.4 Å². The molecule has 0 spiro atoms. The number of nitrogens with zero attached hydrogens (tertiary/aromatic N) is 1. The molecule has 2 aliphatic rings. The van der Waals surface area contributed by atoms with Crippen LogP contribution < -0.4 is 20.3 Å². The number of anilines is 1. The molecule has 0 aromatic heterocycles. The second-order valence-electron chi connectivity index (χ2n) is 12.4. The van der Waals surface area contributed by atoms with Crippen LogP contribution in [0.2, 0.25) is 0 Å².